The summed E-state index contributed by atoms with van der Waals surface area (Å²) >= 11 is 0. The zero-order chi connectivity index (χ0) is 13.9. The maximum atomic E-state index is 11.0. The molecule has 1 aromatic rings. The molecule has 0 fully saturated rings. The molecule has 0 radical (unpaired) electrons. The summed E-state index contributed by atoms with van der Waals surface area (Å²) in [5.41, 5.74) is 5.75. The summed E-state index contributed by atoms with van der Waals surface area (Å²) in [5, 5.41) is 10.2. The molecule has 1 heterocycles. The van der Waals surface area contributed by atoms with Gasteiger partial charge in [-0.3, -0.25) is 9.48 Å². The van der Waals surface area contributed by atoms with Crippen molar-refractivity contribution < 1.29 is 9.53 Å². The third-order valence-corrected chi connectivity index (χ3v) is 2.71. The van der Waals surface area contributed by atoms with Crippen LogP contribution >= 0.6 is 0 Å². The number of carbonyl (C=O) groups is 1. The van der Waals surface area contributed by atoms with Crippen LogP contribution in [0.25, 0.3) is 0 Å². The van der Waals surface area contributed by atoms with E-state index in [2.05, 4.69) is 15.6 Å². The highest BCUT2D eigenvalue weighted by Crippen LogP contribution is 1.99. The summed E-state index contributed by atoms with van der Waals surface area (Å²) in [6, 6.07) is -0.227. The second kappa shape index (κ2) is 9.46. The van der Waals surface area contributed by atoms with E-state index in [0.29, 0.717) is 19.6 Å². The molecular weight excluding hydrogens is 246 g/mol. The fraction of sp³-hybridized carbons (Fsp3) is 0.750. The number of nitrogens with two attached hydrogens (primary N) is 1. The lowest BCUT2D eigenvalue weighted by Gasteiger charge is -2.11. The Morgan fingerprint density at radius 2 is 2.32 bits per heavy atom. The van der Waals surface area contributed by atoms with Gasteiger partial charge in [0.05, 0.1) is 12.8 Å². The standard InChI is InChI=1S/C12H23N5O2/c1-14-12(18)9-11(13)10-19-8-4-2-3-6-17-7-5-15-16-17/h5,7,11H,2-4,6,8-10,13H2,1H3,(H,14,18). The van der Waals surface area contributed by atoms with Gasteiger partial charge in [-0.15, -0.1) is 5.10 Å². The lowest BCUT2D eigenvalue weighted by Crippen LogP contribution is -2.33. The maximum absolute atomic E-state index is 11.0. The molecule has 7 nitrogen and oxygen atoms in total. The van der Waals surface area contributed by atoms with E-state index in [1.54, 1.807) is 13.2 Å². The highest BCUT2D eigenvalue weighted by Gasteiger charge is 2.07. The van der Waals surface area contributed by atoms with Gasteiger partial charge in [0.15, 0.2) is 0 Å². The highest BCUT2D eigenvalue weighted by molar-refractivity contribution is 5.76. The molecule has 0 bridgehead atoms. The Kier molecular flexibility index (Phi) is 7.76. The highest BCUT2D eigenvalue weighted by atomic mass is 16.5. The molecule has 0 saturated heterocycles. The van der Waals surface area contributed by atoms with Crippen LogP contribution in [0.5, 0.6) is 0 Å². The van der Waals surface area contributed by atoms with Crippen LogP contribution in [-0.4, -0.2) is 47.2 Å². The molecule has 1 aromatic heterocycles. The molecule has 0 saturated carbocycles. The average Bonchev–Trinajstić information content (AvgIpc) is 2.90. The monoisotopic (exact) mass is 269 g/mol. The number of unbranched alkanes of at least 4 members (excludes halogenated alkanes) is 2. The van der Waals surface area contributed by atoms with Crippen molar-refractivity contribution in [1.29, 1.82) is 0 Å². The van der Waals surface area contributed by atoms with E-state index in [9.17, 15) is 4.79 Å². The molecule has 7 heteroatoms. The van der Waals surface area contributed by atoms with E-state index >= 15 is 0 Å². The molecule has 1 rings (SSSR count). The van der Waals surface area contributed by atoms with Gasteiger partial charge in [-0.25, -0.2) is 0 Å². The van der Waals surface area contributed by atoms with Gasteiger partial charge in [0, 0.05) is 38.9 Å². The molecule has 0 aliphatic rings. The van der Waals surface area contributed by atoms with E-state index in [1.165, 1.54) is 0 Å². The first kappa shape index (κ1) is 15.6. The van der Waals surface area contributed by atoms with Crippen LogP contribution in [0.3, 0.4) is 0 Å². The number of nitrogens with zero attached hydrogens (tertiary/aromatic N) is 3. The Balaban J connectivity index is 1.89. The lowest BCUT2D eigenvalue weighted by atomic mass is 10.2. The summed E-state index contributed by atoms with van der Waals surface area (Å²) in [6.45, 7) is 1.99. The molecule has 0 spiro atoms. The van der Waals surface area contributed by atoms with E-state index in [1.807, 2.05) is 10.9 Å². The van der Waals surface area contributed by atoms with Crippen molar-refractivity contribution in [3.05, 3.63) is 12.4 Å². The fourth-order valence-electron chi connectivity index (χ4n) is 1.64. The Morgan fingerprint density at radius 1 is 1.47 bits per heavy atom. The predicted octanol–water partition coefficient (Wildman–Crippen LogP) is -0.0716. The zero-order valence-electron chi connectivity index (χ0n) is 11.4. The molecule has 0 aliphatic carbocycles. The van der Waals surface area contributed by atoms with Crippen molar-refractivity contribution in [3.8, 4) is 0 Å². The molecule has 108 valence electrons. The Labute approximate surface area is 113 Å². The Bertz CT molecular complexity index is 342. The van der Waals surface area contributed by atoms with Crippen LogP contribution in [0.4, 0.5) is 0 Å². The number of carbonyl (C=O) groups excluding carboxylic acids is 1. The molecule has 1 amide bonds. The smallest absolute Gasteiger partial charge is 0.221 e. The lowest BCUT2D eigenvalue weighted by molar-refractivity contribution is -0.121. The van der Waals surface area contributed by atoms with Gasteiger partial charge in [-0.05, 0) is 19.3 Å². The van der Waals surface area contributed by atoms with Crippen LogP contribution in [-0.2, 0) is 16.1 Å². The van der Waals surface area contributed by atoms with Crippen molar-refractivity contribution >= 4 is 5.91 Å². The third-order valence-electron chi connectivity index (χ3n) is 2.71. The van der Waals surface area contributed by atoms with E-state index < -0.39 is 0 Å². The van der Waals surface area contributed by atoms with Gasteiger partial charge in [-0.2, -0.15) is 0 Å². The van der Waals surface area contributed by atoms with Crippen LogP contribution in [0.1, 0.15) is 25.7 Å². The van der Waals surface area contributed by atoms with Crippen LogP contribution in [0, 0.1) is 0 Å². The topological polar surface area (TPSA) is 95.1 Å². The van der Waals surface area contributed by atoms with E-state index in [-0.39, 0.29) is 11.9 Å². The second-order valence-corrected chi connectivity index (χ2v) is 4.44. The average molecular weight is 269 g/mol. The van der Waals surface area contributed by atoms with Gasteiger partial charge < -0.3 is 15.8 Å². The second-order valence-electron chi connectivity index (χ2n) is 4.44. The van der Waals surface area contributed by atoms with Crippen LogP contribution in [0.2, 0.25) is 0 Å². The summed E-state index contributed by atoms with van der Waals surface area (Å²) in [6.07, 6.45) is 6.96. The van der Waals surface area contributed by atoms with Crippen molar-refractivity contribution in [2.24, 2.45) is 5.73 Å². The number of amides is 1. The molecule has 1 unspecified atom stereocenters. The fourth-order valence-corrected chi connectivity index (χ4v) is 1.64. The van der Waals surface area contributed by atoms with Crippen molar-refractivity contribution in [2.45, 2.75) is 38.3 Å². The van der Waals surface area contributed by atoms with Gasteiger partial charge in [-0.1, -0.05) is 5.21 Å². The number of nitrogens with one attached hydrogen (secondary N) is 1. The van der Waals surface area contributed by atoms with Crippen molar-refractivity contribution in [1.82, 2.24) is 20.3 Å². The van der Waals surface area contributed by atoms with Gasteiger partial charge in [0.2, 0.25) is 5.91 Å². The summed E-state index contributed by atoms with van der Waals surface area (Å²) in [7, 11) is 1.60. The number of rotatable bonds is 10. The number of aryl methyl sites for hydroxylation is 1. The quantitative estimate of drug-likeness (QED) is 0.580. The predicted molar refractivity (Wildman–Crippen MR) is 71.4 cm³/mol. The number of ether oxygens (including phenoxy) is 1. The van der Waals surface area contributed by atoms with Crippen molar-refractivity contribution in [2.75, 3.05) is 20.3 Å². The molecule has 0 aliphatic heterocycles. The van der Waals surface area contributed by atoms with Crippen LogP contribution < -0.4 is 11.1 Å². The van der Waals surface area contributed by atoms with Crippen LogP contribution in [0.15, 0.2) is 12.4 Å². The Hall–Kier alpha value is -1.47. The first-order valence-corrected chi connectivity index (χ1v) is 6.60. The molecule has 19 heavy (non-hydrogen) atoms. The normalized spacial score (nSPS) is 12.3. The molecular formula is C12H23N5O2. The minimum atomic E-state index is -0.227. The largest absolute Gasteiger partial charge is 0.380 e. The number of aromatic nitrogens is 3. The Morgan fingerprint density at radius 3 is 3.00 bits per heavy atom. The van der Waals surface area contributed by atoms with Gasteiger partial charge in [0.25, 0.3) is 0 Å². The summed E-state index contributed by atoms with van der Waals surface area (Å²) < 4.78 is 7.26. The number of hydrogen-bond donors (Lipinski definition) is 2. The van der Waals surface area contributed by atoms with E-state index in [0.717, 1.165) is 25.8 Å². The SMILES string of the molecule is CNC(=O)CC(N)COCCCCCn1ccnn1. The van der Waals surface area contributed by atoms with E-state index in [4.69, 9.17) is 10.5 Å². The third kappa shape index (κ3) is 7.53. The zero-order valence-corrected chi connectivity index (χ0v) is 11.4. The summed E-state index contributed by atoms with van der Waals surface area (Å²) in [5.74, 6) is -0.0519. The maximum Gasteiger partial charge on any atom is 0.221 e. The summed E-state index contributed by atoms with van der Waals surface area (Å²) in [4.78, 5) is 11.0. The molecule has 1 atom stereocenters. The number of hydrogen-bond acceptors (Lipinski definition) is 5. The molecule has 3 N–H and O–H groups in total. The van der Waals surface area contributed by atoms with Gasteiger partial charge >= 0.3 is 0 Å². The minimum absolute atomic E-state index is 0.0519. The first-order chi connectivity index (χ1) is 9.22. The molecule has 0 aromatic carbocycles. The van der Waals surface area contributed by atoms with Crippen molar-refractivity contribution in [3.63, 3.8) is 0 Å². The van der Waals surface area contributed by atoms with Gasteiger partial charge in [0.1, 0.15) is 0 Å². The minimum Gasteiger partial charge on any atom is -0.380 e. The first-order valence-electron chi connectivity index (χ1n) is 6.60.